The number of nitrogens with zero attached hydrogens (tertiary/aromatic N) is 6. The summed E-state index contributed by atoms with van der Waals surface area (Å²) in [4.78, 5) is 11.3. The fourth-order valence-corrected chi connectivity index (χ4v) is 6.26. The van der Waals surface area contributed by atoms with Gasteiger partial charge in [-0.05, 0) is 50.1 Å². The molecule has 36 heavy (non-hydrogen) atoms. The summed E-state index contributed by atoms with van der Waals surface area (Å²) in [6.45, 7) is 0.800. The van der Waals surface area contributed by atoms with Gasteiger partial charge in [-0.15, -0.1) is 0 Å². The highest BCUT2D eigenvalue weighted by molar-refractivity contribution is 7.91. The first-order valence-corrected chi connectivity index (χ1v) is 13.8. The van der Waals surface area contributed by atoms with E-state index in [4.69, 9.17) is 4.98 Å². The molecule has 0 saturated carbocycles. The number of rotatable bonds is 7. The van der Waals surface area contributed by atoms with E-state index in [9.17, 15) is 12.8 Å². The molecule has 5 heterocycles. The van der Waals surface area contributed by atoms with Gasteiger partial charge in [-0.25, -0.2) is 22.8 Å². The molecule has 0 unspecified atom stereocenters. The average molecular weight is 512 g/mol. The quantitative estimate of drug-likeness (QED) is 0.407. The molecule has 0 aromatic carbocycles. The molecule has 0 amide bonds. The maximum atomic E-state index is 14.4. The summed E-state index contributed by atoms with van der Waals surface area (Å²) in [6.07, 6.45) is 7.69. The van der Waals surface area contributed by atoms with Gasteiger partial charge in [0.05, 0.1) is 17.2 Å². The van der Waals surface area contributed by atoms with Crippen molar-refractivity contribution in [2.24, 2.45) is 7.05 Å². The van der Waals surface area contributed by atoms with Crippen LogP contribution in [0.2, 0.25) is 0 Å². The van der Waals surface area contributed by atoms with Gasteiger partial charge in [0, 0.05) is 62.3 Å². The van der Waals surface area contributed by atoms with Crippen LogP contribution in [0.5, 0.6) is 0 Å². The molecule has 1 N–H and O–H groups in total. The normalized spacial score (nSPS) is 16.1. The number of pyridine rings is 2. The summed E-state index contributed by atoms with van der Waals surface area (Å²) in [5.74, 6) is 1.03. The average Bonchev–Trinajstić information content (AvgIpc) is 3.45. The van der Waals surface area contributed by atoms with E-state index in [0.717, 1.165) is 35.4 Å². The number of likely N-dealkylation sites (N-methyl/N-ethyl adjacent to an activating group) is 1. The molecule has 4 aromatic heterocycles. The highest BCUT2D eigenvalue weighted by atomic mass is 32.2. The van der Waals surface area contributed by atoms with E-state index in [0.29, 0.717) is 24.1 Å². The largest absolute Gasteiger partial charge is 0.371 e. The molecule has 1 aliphatic rings. The molecule has 1 saturated heterocycles. The number of halogens is 1. The van der Waals surface area contributed by atoms with Crippen molar-refractivity contribution in [1.29, 1.82) is 0 Å². The second-order valence-electron chi connectivity index (χ2n) is 9.36. The first-order valence-electron chi connectivity index (χ1n) is 12.0. The molecule has 5 rings (SSSR count). The Morgan fingerprint density at radius 3 is 2.67 bits per heavy atom. The molecular formula is C25H30FN7O2S. The van der Waals surface area contributed by atoms with Gasteiger partial charge in [-0.2, -0.15) is 5.10 Å². The standard InChI is InChI=1S/C25H30FN7O2S/c1-27-24-21(26)14-18(15-28-24)22-5-4-20-17(6-10-31(2)19-8-12-36(34,35)13-9-19)16-33(25(20)29-22)23-7-11-32(3)30-23/h4-5,7,11,14-16,19H,6,8-10,12-13H2,1-3H3,(H,27,28). The van der Waals surface area contributed by atoms with Crippen molar-refractivity contribution in [3.05, 3.63) is 54.2 Å². The van der Waals surface area contributed by atoms with Crippen LogP contribution in [0, 0.1) is 5.82 Å². The summed E-state index contributed by atoms with van der Waals surface area (Å²) >= 11 is 0. The molecule has 1 aliphatic heterocycles. The third-order valence-electron chi connectivity index (χ3n) is 6.94. The maximum absolute atomic E-state index is 14.4. The summed E-state index contributed by atoms with van der Waals surface area (Å²) in [7, 11) is 2.68. The minimum absolute atomic E-state index is 0.193. The van der Waals surface area contributed by atoms with Gasteiger partial charge in [0.2, 0.25) is 0 Å². The molecule has 190 valence electrons. The number of hydrogen-bond donors (Lipinski definition) is 1. The Morgan fingerprint density at radius 2 is 2.00 bits per heavy atom. The molecule has 0 atom stereocenters. The van der Waals surface area contributed by atoms with Crippen molar-refractivity contribution in [3.8, 4) is 17.1 Å². The molecule has 1 fully saturated rings. The van der Waals surface area contributed by atoms with Crippen LogP contribution >= 0.6 is 0 Å². The lowest BCUT2D eigenvalue weighted by atomic mass is 10.1. The minimum Gasteiger partial charge on any atom is -0.371 e. The first-order chi connectivity index (χ1) is 17.2. The van der Waals surface area contributed by atoms with E-state index >= 15 is 0 Å². The van der Waals surface area contributed by atoms with Crippen LogP contribution in [0.4, 0.5) is 10.2 Å². The third kappa shape index (κ3) is 4.85. The number of nitrogens with one attached hydrogen (secondary N) is 1. The summed E-state index contributed by atoms with van der Waals surface area (Å²) < 4.78 is 41.7. The number of hydrogen-bond acceptors (Lipinski definition) is 7. The predicted octanol–water partition coefficient (Wildman–Crippen LogP) is 3.05. The zero-order valence-corrected chi connectivity index (χ0v) is 21.5. The number of sulfone groups is 1. The van der Waals surface area contributed by atoms with Crippen molar-refractivity contribution >= 4 is 26.7 Å². The van der Waals surface area contributed by atoms with E-state index in [-0.39, 0.29) is 23.4 Å². The zero-order valence-electron chi connectivity index (χ0n) is 20.6. The van der Waals surface area contributed by atoms with Crippen molar-refractivity contribution in [3.63, 3.8) is 0 Å². The Balaban J connectivity index is 1.46. The molecular weight excluding hydrogens is 481 g/mol. The van der Waals surface area contributed by atoms with E-state index in [1.165, 1.54) is 6.07 Å². The van der Waals surface area contributed by atoms with Crippen LogP contribution in [-0.4, -0.2) is 75.8 Å². The molecule has 11 heteroatoms. The Kier molecular flexibility index (Phi) is 6.52. The van der Waals surface area contributed by atoms with E-state index < -0.39 is 15.7 Å². The van der Waals surface area contributed by atoms with E-state index in [2.05, 4.69) is 33.5 Å². The van der Waals surface area contributed by atoms with Crippen LogP contribution in [0.3, 0.4) is 0 Å². The molecule has 0 aliphatic carbocycles. The summed E-state index contributed by atoms with van der Waals surface area (Å²) in [5, 5.41) is 8.30. The molecule has 0 radical (unpaired) electrons. The number of fused-ring (bicyclic) bond motifs is 1. The van der Waals surface area contributed by atoms with E-state index in [1.807, 2.05) is 36.0 Å². The predicted molar refractivity (Wildman–Crippen MR) is 139 cm³/mol. The monoisotopic (exact) mass is 511 g/mol. The summed E-state index contributed by atoms with van der Waals surface area (Å²) in [5.41, 5.74) is 3.08. The van der Waals surface area contributed by atoms with Gasteiger partial charge in [0.1, 0.15) is 15.5 Å². The maximum Gasteiger partial charge on any atom is 0.166 e. The summed E-state index contributed by atoms with van der Waals surface area (Å²) in [6, 6.07) is 7.53. The molecule has 0 bridgehead atoms. The van der Waals surface area contributed by atoms with Gasteiger partial charge in [0.25, 0.3) is 0 Å². The highest BCUT2D eigenvalue weighted by Gasteiger charge is 2.26. The van der Waals surface area contributed by atoms with Crippen molar-refractivity contribution < 1.29 is 12.8 Å². The molecule has 9 nitrogen and oxygen atoms in total. The van der Waals surface area contributed by atoms with Gasteiger partial charge in [-0.3, -0.25) is 9.25 Å². The Bertz CT molecular complexity index is 1500. The topological polar surface area (TPSA) is 97.9 Å². The van der Waals surface area contributed by atoms with Gasteiger partial charge < -0.3 is 10.2 Å². The first kappa shape index (κ1) is 24.4. The lowest BCUT2D eigenvalue weighted by Crippen LogP contribution is -2.39. The number of aryl methyl sites for hydroxylation is 1. The second kappa shape index (κ2) is 9.62. The zero-order chi connectivity index (χ0) is 25.4. The Morgan fingerprint density at radius 1 is 1.22 bits per heavy atom. The smallest absolute Gasteiger partial charge is 0.166 e. The SMILES string of the molecule is CNc1ncc(-c2ccc3c(CCN(C)C4CCS(=O)(=O)CC4)cn(-c4ccn(C)n4)c3n2)cc1F. The van der Waals surface area contributed by atoms with Crippen LogP contribution < -0.4 is 5.32 Å². The van der Waals surface area contributed by atoms with Gasteiger partial charge in [-0.1, -0.05) is 0 Å². The number of aromatic nitrogens is 5. The fourth-order valence-electron chi connectivity index (χ4n) is 4.79. The van der Waals surface area contributed by atoms with Crippen molar-refractivity contribution in [2.45, 2.75) is 25.3 Å². The van der Waals surface area contributed by atoms with Gasteiger partial charge in [0.15, 0.2) is 17.5 Å². The third-order valence-corrected chi connectivity index (χ3v) is 8.65. The van der Waals surface area contributed by atoms with Crippen LogP contribution in [0.1, 0.15) is 18.4 Å². The lowest BCUT2D eigenvalue weighted by molar-refractivity contribution is 0.229. The second-order valence-corrected chi connectivity index (χ2v) is 11.7. The lowest BCUT2D eigenvalue weighted by Gasteiger charge is -2.31. The van der Waals surface area contributed by atoms with Gasteiger partial charge >= 0.3 is 0 Å². The minimum atomic E-state index is -2.88. The van der Waals surface area contributed by atoms with E-state index in [1.54, 1.807) is 17.9 Å². The Labute approximate surface area is 209 Å². The van der Waals surface area contributed by atoms with Crippen molar-refractivity contribution in [1.82, 2.24) is 29.2 Å². The Hall–Kier alpha value is -3.31. The van der Waals surface area contributed by atoms with Crippen LogP contribution in [0.25, 0.3) is 28.1 Å². The van der Waals surface area contributed by atoms with Crippen LogP contribution in [0.15, 0.2) is 42.9 Å². The molecule has 4 aromatic rings. The number of anilines is 1. The van der Waals surface area contributed by atoms with Crippen LogP contribution in [-0.2, 0) is 23.3 Å². The highest BCUT2D eigenvalue weighted by Crippen LogP contribution is 2.28. The molecule has 0 spiro atoms. The van der Waals surface area contributed by atoms with Crippen molar-refractivity contribution in [2.75, 3.05) is 37.5 Å². The fraction of sp³-hybridized carbons (Fsp3) is 0.400.